The Kier molecular flexibility index (Phi) is 5.37. The van der Waals surface area contributed by atoms with Crippen LogP contribution in [-0.4, -0.2) is 41.0 Å². The van der Waals surface area contributed by atoms with Crippen molar-refractivity contribution in [3.05, 3.63) is 29.8 Å². The Hall–Kier alpha value is -1.14. The van der Waals surface area contributed by atoms with Crippen LogP contribution in [0.5, 0.6) is 0 Å². The topological polar surface area (TPSA) is 49.4 Å². The smallest absolute Gasteiger partial charge is 0.233 e. The molecule has 4 nitrogen and oxygen atoms in total. The highest BCUT2D eigenvalue weighted by atomic mass is 32.2. The molecule has 1 aromatic carbocycles. The van der Waals surface area contributed by atoms with Crippen molar-refractivity contribution in [1.82, 2.24) is 4.90 Å². The van der Waals surface area contributed by atoms with Gasteiger partial charge < -0.3 is 10.2 Å². The molecular formula is C14H18N2O2S2. The van der Waals surface area contributed by atoms with Crippen LogP contribution in [-0.2, 0) is 9.59 Å². The molecule has 0 aromatic heterocycles. The predicted molar refractivity (Wildman–Crippen MR) is 86.0 cm³/mol. The third-order valence-electron chi connectivity index (χ3n) is 3.02. The van der Waals surface area contributed by atoms with E-state index in [-0.39, 0.29) is 17.2 Å². The number of hydrogen-bond acceptors (Lipinski definition) is 4. The third kappa shape index (κ3) is 3.70. The van der Waals surface area contributed by atoms with Gasteiger partial charge in [0.15, 0.2) is 0 Å². The average Bonchev–Trinajstić information content (AvgIpc) is 2.78. The second-order valence-corrected chi connectivity index (χ2v) is 6.60. The number of nitrogens with zero attached hydrogens (tertiary/aromatic N) is 1. The lowest BCUT2D eigenvalue weighted by Crippen LogP contribution is -2.30. The molecule has 2 amide bonds. The van der Waals surface area contributed by atoms with E-state index in [1.807, 2.05) is 35.4 Å². The Morgan fingerprint density at radius 2 is 2.15 bits per heavy atom. The van der Waals surface area contributed by atoms with Crippen LogP contribution in [0, 0.1) is 0 Å². The molecule has 1 saturated heterocycles. The minimum atomic E-state index is -0.0789. The number of carbonyl (C=O) groups is 2. The number of thioether (sulfide) groups is 2. The van der Waals surface area contributed by atoms with E-state index in [0.29, 0.717) is 5.75 Å². The summed E-state index contributed by atoms with van der Waals surface area (Å²) in [5.41, 5.74) is 1.89. The van der Waals surface area contributed by atoms with Crippen molar-refractivity contribution >= 4 is 41.0 Å². The van der Waals surface area contributed by atoms with Crippen LogP contribution in [0.1, 0.15) is 17.9 Å². The molecule has 0 aliphatic carbocycles. The number of nitrogens with one attached hydrogen (secondary N) is 1. The molecule has 0 saturated carbocycles. The summed E-state index contributed by atoms with van der Waals surface area (Å²) in [6.07, 6.45) is 2.05. The SMILES string of the molecule is CSCCN1C(=O)CSC1c1ccc(NC(C)=O)cc1. The molecule has 0 radical (unpaired) electrons. The van der Waals surface area contributed by atoms with Crippen LogP contribution in [0.3, 0.4) is 0 Å². The molecule has 2 rings (SSSR count). The van der Waals surface area contributed by atoms with Crippen molar-refractivity contribution in [2.45, 2.75) is 12.3 Å². The molecule has 1 unspecified atom stereocenters. The fourth-order valence-electron chi connectivity index (χ4n) is 2.10. The zero-order valence-electron chi connectivity index (χ0n) is 11.6. The summed E-state index contributed by atoms with van der Waals surface area (Å²) in [6, 6.07) is 7.72. The second kappa shape index (κ2) is 7.04. The summed E-state index contributed by atoms with van der Waals surface area (Å²) in [7, 11) is 0. The van der Waals surface area contributed by atoms with Crippen molar-refractivity contribution in [3.63, 3.8) is 0 Å². The predicted octanol–water partition coefficient (Wildman–Crippen LogP) is 2.58. The molecule has 1 N–H and O–H groups in total. The Morgan fingerprint density at radius 3 is 2.75 bits per heavy atom. The summed E-state index contributed by atoms with van der Waals surface area (Å²) in [4.78, 5) is 24.9. The summed E-state index contributed by atoms with van der Waals surface area (Å²) in [5.74, 6) is 1.63. The van der Waals surface area contributed by atoms with Gasteiger partial charge in [0.05, 0.1) is 5.75 Å². The molecule has 108 valence electrons. The maximum absolute atomic E-state index is 11.9. The average molecular weight is 310 g/mol. The molecule has 1 aliphatic rings. The van der Waals surface area contributed by atoms with Crippen LogP contribution < -0.4 is 5.32 Å². The van der Waals surface area contributed by atoms with Crippen LogP contribution in [0.15, 0.2) is 24.3 Å². The first-order valence-electron chi connectivity index (χ1n) is 6.39. The largest absolute Gasteiger partial charge is 0.326 e. The van der Waals surface area contributed by atoms with Gasteiger partial charge in [-0.25, -0.2) is 0 Å². The maximum Gasteiger partial charge on any atom is 0.233 e. The Bertz CT molecular complexity index is 490. The monoisotopic (exact) mass is 310 g/mol. The van der Waals surface area contributed by atoms with Gasteiger partial charge in [-0.05, 0) is 24.0 Å². The Balaban J connectivity index is 2.09. The van der Waals surface area contributed by atoms with E-state index in [4.69, 9.17) is 0 Å². The first-order valence-corrected chi connectivity index (χ1v) is 8.83. The van der Waals surface area contributed by atoms with E-state index < -0.39 is 0 Å². The normalized spacial score (nSPS) is 18.4. The lowest BCUT2D eigenvalue weighted by atomic mass is 10.2. The fraction of sp³-hybridized carbons (Fsp3) is 0.429. The van der Waals surface area contributed by atoms with Crippen molar-refractivity contribution in [1.29, 1.82) is 0 Å². The molecule has 0 spiro atoms. The zero-order valence-corrected chi connectivity index (χ0v) is 13.2. The highest BCUT2D eigenvalue weighted by Crippen LogP contribution is 2.38. The lowest BCUT2D eigenvalue weighted by Gasteiger charge is -2.24. The van der Waals surface area contributed by atoms with Gasteiger partial charge in [0.1, 0.15) is 5.37 Å². The van der Waals surface area contributed by atoms with Crippen LogP contribution in [0.25, 0.3) is 0 Å². The minimum absolute atomic E-state index is 0.0789. The van der Waals surface area contributed by atoms with E-state index in [1.165, 1.54) is 6.92 Å². The number of carbonyl (C=O) groups excluding carboxylic acids is 2. The molecule has 1 aromatic rings. The highest BCUT2D eigenvalue weighted by molar-refractivity contribution is 8.00. The number of benzene rings is 1. The Labute approximate surface area is 127 Å². The van der Waals surface area contributed by atoms with Crippen molar-refractivity contribution in [2.24, 2.45) is 0 Å². The molecule has 20 heavy (non-hydrogen) atoms. The van der Waals surface area contributed by atoms with Gasteiger partial charge in [0.2, 0.25) is 11.8 Å². The van der Waals surface area contributed by atoms with Gasteiger partial charge in [-0.15, -0.1) is 11.8 Å². The summed E-state index contributed by atoms with van der Waals surface area (Å²) in [5, 5.41) is 2.85. The van der Waals surface area contributed by atoms with Crippen molar-refractivity contribution < 1.29 is 9.59 Å². The number of amides is 2. The number of rotatable bonds is 5. The summed E-state index contributed by atoms with van der Waals surface area (Å²) < 4.78 is 0. The number of anilines is 1. The molecule has 0 bridgehead atoms. The van der Waals surface area contributed by atoms with Crippen molar-refractivity contribution in [3.8, 4) is 0 Å². The van der Waals surface area contributed by atoms with Gasteiger partial charge in [-0.1, -0.05) is 12.1 Å². The van der Waals surface area contributed by atoms with E-state index in [2.05, 4.69) is 5.32 Å². The third-order valence-corrected chi connectivity index (χ3v) is 4.87. The minimum Gasteiger partial charge on any atom is -0.326 e. The lowest BCUT2D eigenvalue weighted by molar-refractivity contribution is -0.127. The Morgan fingerprint density at radius 1 is 1.45 bits per heavy atom. The van der Waals surface area contributed by atoms with Gasteiger partial charge >= 0.3 is 0 Å². The summed E-state index contributed by atoms with van der Waals surface area (Å²) in [6.45, 7) is 2.27. The quantitative estimate of drug-likeness (QED) is 0.908. The summed E-state index contributed by atoms with van der Waals surface area (Å²) >= 11 is 3.41. The maximum atomic E-state index is 11.9. The number of hydrogen-bond donors (Lipinski definition) is 1. The van der Waals surface area contributed by atoms with Crippen molar-refractivity contribution in [2.75, 3.05) is 29.6 Å². The van der Waals surface area contributed by atoms with Gasteiger partial charge in [0, 0.05) is 24.9 Å². The van der Waals surface area contributed by atoms with E-state index in [9.17, 15) is 9.59 Å². The van der Waals surface area contributed by atoms with Crippen LogP contribution >= 0.6 is 23.5 Å². The van der Waals surface area contributed by atoms with Crippen LogP contribution in [0.4, 0.5) is 5.69 Å². The fourth-order valence-corrected chi connectivity index (χ4v) is 3.69. The first kappa shape index (κ1) is 15.3. The molecule has 6 heteroatoms. The highest BCUT2D eigenvalue weighted by Gasteiger charge is 2.32. The molecule has 1 aliphatic heterocycles. The second-order valence-electron chi connectivity index (χ2n) is 4.55. The van der Waals surface area contributed by atoms with Gasteiger partial charge in [-0.3, -0.25) is 9.59 Å². The van der Waals surface area contributed by atoms with Crippen LogP contribution in [0.2, 0.25) is 0 Å². The van der Waals surface area contributed by atoms with E-state index in [0.717, 1.165) is 23.5 Å². The zero-order chi connectivity index (χ0) is 14.5. The molecule has 1 fully saturated rings. The van der Waals surface area contributed by atoms with E-state index >= 15 is 0 Å². The first-order chi connectivity index (χ1) is 9.61. The van der Waals surface area contributed by atoms with E-state index in [1.54, 1.807) is 23.5 Å². The standard InChI is InChI=1S/C14H18N2O2S2/c1-10(17)15-12-5-3-11(4-6-12)14-16(7-8-19-2)13(18)9-20-14/h3-6,14H,7-9H2,1-2H3,(H,15,17). The van der Waals surface area contributed by atoms with Gasteiger partial charge in [0.25, 0.3) is 0 Å². The molecular weight excluding hydrogens is 292 g/mol. The van der Waals surface area contributed by atoms with Gasteiger partial charge in [-0.2, -0.15) is 11.8 Å². The molecule has 1 heterocycles. The molecule has 1 atom stereocenters.